The van der Waals surface area contributed by atoms with Gasteiger partial charge in [0.1, 0.15) is 0 Å². The minimum atomic E-state index is -0.623. The molecule has 1 aliphatic carbocycles. The average molecular weight is 357 g/mol. The molecule has 1 aromatic rings. The van der Waals surface area contributed by atoms with Gasteiger partial charge in [-0.2, -0.15) is 0 Å². The summed E-state index contributed by atoms with van der Waals surface area (Å²) in [6.45, 7) is 3.57. The highest BCUT2D eigenvalue weighted by Gasteiger charge is 2.15. The lowest BCUT2D eigenvalue weighted by Crippen LogP contribution is -2.37. The Labute approximate surface area is 154 Å². The van der Waals surface area contributed by atoms with Crippen molar-refractivity contribution in [2.24, 2.45) is 0 Å². The highest BCUT2D eigenvalue weighted by molar-refractivity contribution is 6.39. The number of benzene rings is 1. The molecule has 2 aliphatic rings. The zero-order chi connectivity index (χ0) is 18.2. The molecule has 1 aromatic carbocycles. The Hall–Kier alpha value is -2.34. The molecule has 1 aliphatic heterocycles. The van der Waals surface area contributed by atoms with Crippen molar-refractivity contribution in [2.45, 2.75) is 32.1 Å². The van der Waals surface area contributed by atoms with E-state index in [2.05, 4.69) is 21.6 Å². The molecular formula is C20H27N3O3. The molecule has 1 heterocycles. The summed E-state index contributed by atoms with van der Waals surface area (Å²) in [4.78, 5) is 26.3. The maximum absolute atomic E-state index is 12.1. The number of hydrogen-bond acceptors (Lipinski definition) is 4. The fourth-order valence-corrected chi connectivity index (χ4v) is 3.34. The maximum atomic E-state index is 12.1. The van der Waals surface area contributed by atoms with Crippen molar-refractivity contribution in [2.75, 3.05) is 43.1 Å². The lowest BCUT2D eigenvalue weighted by Gasteiger charge is -2.29. The van der Waals surface area contributed by atoms with E-state index in [1.54, 1.807) is 6.07 Å². The molecule has 1 saturated heterocycles. The van der Waals surface area contributed by atoms with E-state index < -0.39 is 11.8 Å². The highest BCUT2D eigenvalue weighted by Crippen LogP contribution is 2.21. The van der Waals surface area contributed by atoms with Gasteiger partial charge in [-0.25, -0.2) is 0 Å². The van der Waals surface area contributed by atoms with Gasteiger partial charge in [-0.1, -0.05) is 17.7 Å². The number of amides is 2. The van der Waals surface area contributed by atoms with E-state index in [0.717, 1.165) is 38.0 Å². The van der Waals surface area contributed by atoms with Gasteiger partial charge >= 0.3 is 11.8 Å². The second-order valence-corrected chi connectivity index (χ2v) is 6.72. The van der Waals surface area contributed by atoms with Gasteiger partial charge in [-0.15, -0.1) is 0 Å². The van der Waals surface area contributed by atoms with E-state index in [-0.39, 0.29) is 0 Å². The molecule has 6 nitrogen and oxygen atoms in total. The molecule has 0 unspecified atom stereocenters. The number of carbonyl (C=O) groups is 2. The van der Waals surface area contributed by atoms with Gasteiger partial charge in [0.05, 0.1) is 13.2 Å². The first-order chi connectivity index (χ1) is 12.7. The summed E-state index contributed by atoms with van der Waals surface area (Å²) in [6, 6.07) is 7.57. The van der Waals surface area contributed by atoms with E-state index in [1.807, 2.05) is 18.2 Å². The Balaban J connectivity index is 1.47. The number of nitrogens with zero attached hydrogens (tertiary/aromatic N) is 1. The van der Waals surface area contributed by atoms with Crippen LogP contribution < -0.4 is 15.5 Å². The van der Waals surface area contributed by atoms with Crippen LogP contribution in [0.1, 0.15) is 32.1 Å². The summed E-state index contributed by atoms with van der Waals surface area (Å²) in [5.74, 6) is -1.21. The van der Waals surface area contributed by atoms with E-state index >= 15 is 0 Å². The lowest BCUT2D eigenvalue weighted by atomic mass is 9.97. The van der Waals surface area contributed by atoms with Crippen molar-refractivity contribution in [1.29, 1.82) is 0 Å². The van der Waals surface area contributed by atoms with E-state index in [9.17, 15) is 9.59 Å². The quantitative estimate of drug-likeness (QED) is 0.627. The van der Waals surface area contributed by atoms with Crippen LogP contribution in [0, 0.1) is 0 Å². The molecule has 0 atom stereocenters. The average Bonchev–Trinajstić information content (AvgIpc) is 2.69. The van der Waals surface area contributed by atoms with Crippen molar-refractivity contribution in [3.63, 3.8) is 0 Å². The number of anilines is 2. The molecule has 0 saturated carbocycles. The number of ether oxygens (including phenoxy) is 1. The molecule has 2 N–H and O–H groups in total. The fourth-order valence-electron chi connectivity index (χ4n) is 3.34. The fraction of sp³-hybridized carbons (Fsp3) is 0.500. The predicted octanol–water partition coefficient (Wildman–Crippen LogP) is 2.47. The predicted molar refractivity (Wildman–Crippen MR) is 102 cm³/mol. The van der Waals surface area contributed by atoms with Gasteiger partial charge in [0.15, 0.2) is 0 Å². The molecule has 140 valence electrons. The Morgan fingerprint density at radius 1 is 1.12 bits per heavy atom. The number of rotatable bonds is 5. The minimum absolute atomic E-state index is 0.506. The SMILES string of the molecule is O=C(NCCC1=CCCCC1)C(=O)Nc1cccc(N2CCOCC2)c1. The summed E-state index contributed by atoms with van der Waals surface area (Å²) < 4.78 is 5.36. The van der Waals surface area contributed by atoms with Crippen LogP contribution in [0.15, 0.2) is 35.9 Å². The Morgan fingerprint density at radius 2 is 1.96 bits per heavy atom. The number of morpholine rings is 1. The first-order valence-corrected chi connectivity index (χ1v) is 9.42. The van der Waals surface area contributed by atoms with Gasteiger partial charge in [-0.3, -0.25) is 9.59 Å². The maximum Gasteiger partial charge on any atom is 0.313 e. The second kappa shape index (κ2) is 9.38. The smallest absolute Gasteiger partial charge is 0.313 e. The zero-order valence-electron chi connectivity index (χ0n) is 15.1. The van der Waals surface area contributed by atoms with E-state index in [0.29, 0.717) is 25.4 Å². The van der Waals surface area contributed by atoms with Crippen LogP contribution in [0.5, 0.6) is 0 Å². The Morgan fingerprint density at radius 3 is 2.73 bits per heavy atom. The van der Waals surface area contributed by atoms with Crippen LogP contribution in [0.25, 0.3) is 0 Å². The molecule has 3 rings (SSSR count). The van der Waals surface area contributed by atoms with Crippen LogP contribution in [0.4, 0.5) is 11.4 Å². The van der Waals surface area contributed by atoms with Gasteiger partial charge in [0.25, 0.3) is 0 Å². The third kappa shape index (κ3) is 5.33. The van der Waals surface area contributed by atoms with Crippen LogP contribution in [-0.2, 0) is 14.3 Å². The number of allylic oxidation sites excluding steroid dienone is 1. The monoisotopic (exact) mass is 357 g/mol. The third-order valence-electron chi connectivity index (χ3n) is 4.80. The topological polar surface area (TPSA) is 70.7 Å². The Kier molecular flexibility index (Phi) is 6.66. The molecule has 1 fully saturated rings. The van der Waals surface area contributed by atoms with Gasteiger partial charge in [-0.05, 0) is 50.3 Å². The van der Waals surface area contributed by atoms with Crippen molar-refractivity contribution >= 4 is 23.2 Å². The first-order valence-electron chi connectivity index (χ1n) is 9.42. The van der Waals surface area contributed by atoms with Crippen LogP contribution in [-0.4, -0.2) is 44.7 Å². The summed E-state index contributed by atoms with van der Waals surface area (Å²) in [6.07, 6.45) is 7.79. The molecule has 26 heavy (non-hydrogen) atoms. The molecule has 0 aromatic heterocycles. The van der Waals surface area contributed by atoms with Gasteiger partial charge in [0.2, 0.25) is 0 Å². The van der Waals surface area contributed by atoms with Crippen LogP contribution >= 0.6 is 0 Å². The summed E-state index contributed by atoms with van der Waals surface area (Å²) in [7, 11) is 0. The third-order valence-corrected chi connectivity index (χ3v) is 4.80. The van der Waals surface area contributed by atoms with Gasteiger partial charge in [0, 0.05) is 31.0 Å². The van der Waals surface area contributed by atoms with Crippen molar-refractivity contribution in [3.05, 3.63) is 35.9 Å². The van der Waals surface area contributed by atoms with E-state index in [4.69, 9.17) is 4.74 Å². The zero-order valence-corrected chi connectivity index (χ0v) is 15.1. The lowest BCUT2D eigenvalue weighted by molar-refractivity contribution is -0.136. The first kappa shape index (κ1) is 18.5. The van der Waals surface area contributed by atoms with E-state index in [1.165, 1.54) is 18.4 Å². The van der Waals surface area contributed by atoms with Crippen LogP contribution in [0.2, 0.25) is 0 Å². The summed E-state index contributed by atoms with van der Waals surface area (Å²) >= 11 is 0. The number of carbonyl (C=O) groups excluding carboxylic acids is 2. The highest BCUT2D eigenvalue weighted by atomic mass is 16.5. The summed E-state index contributed by atoms with van der Waals surface area (Å²) in [5, 5.41) is 5.40. The summed E-state index contributed by atoms with van der Waals surface area (Å²) in [5.41, 5.74) is 3.04. The molecule has 0 radical (unpaired) electrons. The molecule has 0 bridgehead atoms. The number of hydrogen-bond donors (Lipinski definition) is 2. The second-order valence-electron chi connectivity index (χ2n) is 6.72. The normalized spacial score (nSPS) is 17.4. The molecule has 2 amide bonds. The van der Waals surface area contributed by atoms with Crippen molar-refractivity contribution < 1.29 is 14.3 Å². The van der Waals surface area contributed by atoms with Crippen molar-refractivity contribution in [3.8, 4) is 0 Å². The standard InChI is InChI=1S/C20H27N3O3/c24-19(21-10-9-16-5-2-1-3-6-16)20(25)22-17-7-4-8-18(15-17)23-11-13-26-14-12-23/h4-5,7-8,15H,1-3,6,9-14H2,(H,21,24)(H,22,25). The Bertz CT molecular complexity index is 666. The van der Waals surface area contributed by atoms with Gasteiger partial charge < -0.3 is 20.3 Å². The van der Waals surface area contributed by atoms with Crippen LogP contribution in [0.3, 0.4) is 0 Å². The largest absolute Gasteiger partial charge is 0.378 e. The minimum Gasteiger partial charge on any atom is -0.378 e. The molecule has 0 spiro atoms. The number of nitrogens with one attached hydrogen (secondary N) is 2. The van der Waals surface area contributed by atoms with Crippen molar-refractivity contribution in [1.82, 2.24) is 5.32 Å². The molecule has 6 heteroatoms. The molecular weight excluding hydrogens is 330 g/mol.